The maximum Gasteiger partial charge on any atom is 0.323 e. The number of amides is 2. The summed E-state index contributed by atoms with van der Waals surface area (Å²) in [7, 11) is 1.74. The highest BCUT2D eigenvalue weighted by Crippen LogP contribution is 2.39. The summed E-state index contributed by atoms with van der Waals surface area (Å²) in [4.78, 5) is 28.9. The third-order valence-electron chi connectivity index (χ3n) is 4.71. The van der Waals surface area contributed by atoms with Crippen LogP contribution in [0.3, 0.4) is 0 Å². The van der Waals surface area contributed by atoms with Crippen LogP contribution in [-0.4, -0.2) is 45.8 Å². The molecule has 0 radical (unpaired) electrons. The first-order valence-corrected chi connectivity index (χ1v) is 10.8. The number of thiazole rings is 1. The minimum Gasteiger partial charge on any atom is -0.481 e. The summed E-state index contributed by atoms with van der Waals surface area (Å²) < 4.78 is 14.0. The zero-order valence-electron chi connectivity index (χ0n) is 15.0. The van der Waals surface area contributed by atoms with Gasteiger partial charge in [-0.25, -0.2) is 14.2 Å². The maximum atomic E-state index is 13.3. The van der Waals surface area contributed by atoms with Crippen molar-refractivity contribution in [3.63, 3.8) is 0 Å². The van der Waals surface area contributed by atoms with Gasteiger partial charge in [-0.15, -0.1) is 11.8 Å². The van der Waals surface area contributed by atoms with Gasteiger partial charge in [-0.3, -0.25) is 10.1 Å². The van der Waals surface area contributed by atoms with E-state index in [9.17, 15) is 14.0 Å². The average Bonchev–Trinajstić information content (AvgIpc) is 3.29. The third-order valence-corrected chi connectivity index (χ3v) is 7.13. The lowest BCUT2D eigenvalue weighted by Crippen LogP contribution is -2.38. The highest BCUT2D eigenvalue weighted by atomic mass is 35.5. The van der Waals surface area contributed by atoms with E-state index in [1.807, 2.05) is 0 Å². The van der Waals surface area contributed by atoms with Crippen LogP contribution in [0.4, 0.5) is 14.3 Å². The van der Waals surface area contributed by atoms with Gasteiger partial charge in [0.2, 0.25) is 0 Å². The number of anilines is 1. The van der Waals surface area contributed by atoms with Gasteiger partial charge in [-0.05, 0) is 42.9 Å². The largest absolute Gasteiger partial charge is 0.481 e. The smallest absolute Gasteiger partial charge is 0.323 e. The molecule has 2 N–H and O–H groups in total. The first-order chi connectivity index (χ1) is 13.3. The van der Waals surface area contributed by atoms with Gasteiger partial charge in [0.1, 0.15) is 5.82 Å². The molecule has 2 amide bonds. The van der Waals surface area contributed by atoms with E-state index in [4.69, 9.17) is 16.7 Å². The van der Waals surface area contributed by atoms with Crippen molar-refractivity contribution in [2.45, 2.75) is 35.4 Å². The van der Waals surface area contributed by atoms with E-state index < -0.39 is 5.97 Å². The summed E-state index contributed by atoms with van der Waals surface area (Å²) in [6, 6.07) is 4.24. The summed E-state index contributed by atoms with van der Waals surface area (Å²) in [5, 5.41) is 12.3. The van der Waals surface area contributed by atoms with Crippen molar-refractivity contribution in [1.82, 2.24) is 9.88 Å². The summed E-state index contributed by atoms with van der Waals surface area (Å²) in [5.41, 5.74) is 0.916. The molecule has 1 aliphatic rings. The Bertz CT molecular complexity index is 880. The molecule has 2 atom stereocenters. The molecule has 6 nitrogen and oxygen atoms in total. The Morgan fingerprint density at radius 2 is 2.25 bits per heavy atom. The van der Waals surface area contributed by atoms with Crippen LogP contribution < -0.4 is 5.32 Å². The molecule has 0 bridgehead atoms. The Morgan fingerprint density at radius 3 is 2.96 bits per heavy atom. The van der Waals surface area contributed by atoms with Gasteiger partial charge < -0.3 is 10.0 Å². The van der Waals surface area contributed by atoms with Crippen molar-refractivity contribution < 1.29 is 19.1 Å². The molecule has 1 aromatic carbocycles. The van der Waals surface area contributed by atoms with Crippen molar-refractivity contribution in [3.8, 4) is 0 Å². The Balaban J connectivity index is 1.56. The fourth-order valence-electron chi connectivity index (χ4n) is 3.29. The van der Waals surface area contributed by atoms with Crippen LogP contribution in [0.15, 0.2) is 28.6 Å². The molecule has 0 spiro atoms. The molecule has 0 saturated heterocycles. The second-order valence-electron chi connectivity index (χ2n) is 6.54. The molecular formula is C18H19ClFN3O3S2. The summed E-state index contributed by atoms with van der Waals surface area (Å²) in [6.07, 6.45) is 4.02. The number of benzene rings is 1. The fraction of sp³-hybridized carbons (Fsp3) is 0.389. The number of carbonyl (C=O) groups excluding carboxylic acids is 1. The van der Waals surface area contributed by atoms with E-state index in [0.29, 0.717) is 10.2 Å². The van der Waals surface area contributed by atoms with Crippen molar-refractivity contribution >= 4 is 51.8 Å². The SMILES string of the molecule is CN(C(=O)Nc1ncc(SCC(=O)O)s1)C1CCC(c2ccc(F)cc2Cl)C1. The molecule has 150 valence electrons. The average molecular weight is 444 g/mol. The second kappa shape index (κ2) is 9.11. The molecule has 3 rings (SSSR count). The number of rotatable bonds is 6. The van der Waals surface area contributed by atoms with Crippen LogP contribution in [0, 0.1) is 5.82 Å². The van der Waals surface area contributed by atoms with E-state index in [-0.39, 0.29) is 29.6 Å². The van der Waals surface area contributed by atoms with Gasteiger partial charge in [-0.1, -0.05) is 29.0 Å². The number of carbonyl (C=O) groups is 2. The van der Waals surface area contributed by atoms with E-state index in [1.54, 1.807) is 24.2 Å². The lowest BCUT2D eigenvalue weighted by atomic mass is 9.97. The van der Waals surface area contributed by atoms with Crippen LogP contribution >= 0.6 is 34.7 Å². The van der Waals surface area contributed by atoms with Crippen molar-refractivity contribution in [1.29, 1.82) is 0 Å². The van der Waals surface area contributed by atoms with Crippen LogP contribution in [0.25, 0.3) is 0 Å². The van der Waals surface area contributed by atoms with Crippen LogP contribution in [0.1, 0.15) is 30.7 Å². The van der Waals surface area contributed by atoms with Gasteiger partial charge >= 0.3 is 12.0 Å². The van der Waals surface area contributed by atoms with E-state index in [2.05, 4.69) is 10.3 Å². The topological polar surface area (TPSA) is 82.5 Å². The third kappa shape index (κ3) is 5.15. The monoisotopic (exact) mass is 443 g/mol. The predicted octanol–water partition coefficient (Wildman–Crippen LogP) is 4.91. The second-order valence-corrected chi connectivity index (χ2v) is 9.25. The zero-order chi connectivity index (χ0) is 20.3. The molecule has 2 aromatic rings. The van der Waals surface area contributed by atoms with E-state index in [0.717, 1.165) is 40.8 Å². The molecule has 1 aromatic heterocycles. The lowest BCUT2D eigenvalue weighted by molar-refractivity contribution is -0.133. The number of halogens is 2. The predicted molar refractivity (Wildman–Crippen MR) is 109 cm³/mol. The lowest BCUT2D eigenvalue weighted by Gasteiger charge is -2.24. The zero-order valence-corrected chi connectivity index (χ0v) is 17.4. The van der Waals surface area contributed by atoms with Gasteiger partial charge in [-0.2, -0.15) is 0 Å². The number of nitrogens with zero attached hydrogens (tertiary/aromatic N) is 2. The molecule has 10 heteroatoms. The number of aromatic nitrogens is 1. The molecule has 0 aliphatic heterocycles. The Kier molecular flexibility index (Phi) is 6.79. The summed E-state index contributed by atoms with van der Waals surface area (Å²) >= 11 is 8.58. The Hall–Kier alpha value is -1.84. The number of carboxylic acids is 1. The molecule has 28 heavy (non-hydrogen) atoms. The standard InChI is InChI=1S/C18H19ClFN3O3S2/c1-23(18(26)22-17-21-8-16(28-17)27-9-15(24)25)12-4-2-10(6-12)13-5-3-11(20)7-14(13)19/h3,5,7-8,10,12H,2,4,6,9H2,1H3,(H,24,25)(H,21,22,26). The van der Waals surface area contributed by atoms with Crippen LogP contribution in [-0.2, 0) is 4.79 Å². The Morgan fingerprint density at radius 1 is 1.46 bits per heavy atom. The van der Waals surface area contributed by atoms with Crippen LogP contribution in [0.2, 0.25) is 5.02 Å². The minimum atomic E-state index is -0.902. The number of aliphatic carboxylic acids is 1. The maximum absolute atomic E-state index is 13.3. The summed E-state index contributed by atoms with van der Waals surface area (Å²) in [6.45, 7) is 0. The molecule has 1 heterocycles. The van der Waals surface area contributed by atoms with Gasteiger partial charge in [0, 0.05) is 18.1 Å². The van der Waals surface area contributed by atoms with E-state index in [1.165, 1.54) is 23.5 Å². The summed E-state index contributed by atoms with van der Waals surface area (Å²) in [5.74, 6) is -1.12. The molecule has 1 saturated carbocycles. The van der Waals surface area contributed by atoms with Gasteiger partial charge in [0.25, 0.3) is 0 Å². The highest BCUT2D eigenvalue weighted by molar-refractivity contribution is 8.01. The number of hydrogen-bond donors (Lipinski definition) is 2. The van der Waals surface area contributed by atoms with Crippen LogP contribution in [0.5, 0.6) is 0 Å². The first-order valence-electron chi connectivity index (χ1n) is 8.62. The van der Waals surface area contributed by atoms with Gasteiger partial charge in [0.05, 0.1) is 16.2 Å². The number of carboxylic acid groups (broad SMARTS) is 1. The fourth-order valence-corrected chi connectivity index (χ4v) is 5.19. The first kappa shape index (κ1) is 20.9. The molecular weight excluding hydrogens is 425 g/mol. The molecule has 1 fully saturated rings. The quantitative estimate of drug-likeness (QED) is 0.619. The number of hydrogen-bond acceptors (Lipinski definition) is 5. The number of thioether (sulfide) groups is 1. The van der Waals surface area contributed by atoms with Crippen molar-refractivity contribution in [2.75, 3.05) is 18.1 Å². The van der Waals surface area contributed by atoms with Crippen molar-refractivity contribution in [3.05, 3.63) is 40.8 Å². The number of nitrogens with one attached hydrogen (secondary N) is 1. The normalized spacial score (nSPS) is 18.8. The van der Waals surface area contributed by atoms with Gasteiger partial charge in [0.15, 0.2) is 5.13 Å². The minimum absolute atomic E-state index is 0.0481. The molecule has 2 unspecified atom stereocenters. The molecule has 1 aliphatic carbocycles. The highest BCUT2D eigenvalue weighted by Gasteiger charge is 2.32. The van der Waals surface area contributed by atoms with E-state index >= 15 is 0 Å². The Labute approximate surface area is 175 Å². The number of urea groups is 1. The van der Waals surface area contributed by atoms with Crippen molar-refractivity contribution in [2.24, 2.45) is 0 Å².